The van der Waals surface area contributed by atoms with E-state index in [0.717, 1.165) is 29.7 Å². The fourth-order valence-electron chi connectivity index (χ4n) is 7.54. The molecular formula is C32H31Cl2FN4O3. The van der Waals surface area contributed by atoms with E-state index in [1.165, 1.54) is 6.07 Å². The van der Waals surface area contributed by atoms with Gasteiger partial charge in [-0.25, -0.2) is 14.2 Å². The number of aromatic carboxylic acids is 1. The molecule has 1 fully saturated rings. The number of carboxylic acids is 1. The molecule has 0 saturated carbocycles. The summed E-state index contributed by atoms with van der Waals surface area (Å²) in [5.74, 6) is -2.12. The van der Waals surface area contributed by atoms with Crippen LogP contribution in [0.4, 0.5) is 10.1 Å². The van der Waals surface area contributed by atoms with E-state index in [-0.39, 0.29) is 35.9 Å². The number of aromatic nitrogens is 2. The van der Waals surface area contributed by atoms with Gasteiger partial charge in [-0.1, -0.05) is 62.2 Å². The zero-order chi connectivity index (χ0) is 28.6. The topological polar surface area (TPSA) is 87.5 Å². The first kappa shape index (κ1) is 28.6. The average molecular weight is 610 g/mol. The first-order valence-corrected chi connectivity index (χ1v) is 14.6. The highest BCUT2D eigenvalue weighted by molar-refractivity contribution is 6.31. The van der Waals surface area contributed by atoms with Crippen LogP contribution < -0.4 is 5.32 Å². The fourth-order valence-corrected chi connectivity index (χ4v) is 7.89. The maximum atomic E-state index is 16.1. The van der Waals surface area contributed by atoms with E-state index in [1.54, 1.807) is 42.5 Å². The van der Waals surface area contributed by atoms with E-state index >= 15 is 4.39 Å². The van der Waals surface area contributed by atoms with Crippen LogP contribution in [0.15, 0.2) is 54.6 Å². The second-order valence-electron chi connectivity index (χ2n) is 11.1. The molecule has 1 aromatic heterocycles. The van der Waals surface area contributed by atoms with Crippen LogP contribution in [-0.2, 0) is 16.9 Å². The van der Waals surface area contributed by atoms with Crippen molar-refractivity contribution in [1.29, 1.82) is 0 Å². The number of hydrogen-bond donors (Lipinski definition) is 2. The third-order valence-corrected chi connectivity index (χ3v) is 9.63. The van der Waals surface area contributed by atoms with Crippen molar-refractivity contribution in [2.75, 3.05) is 11.9 Å². The molecule has 7 rings (SSSR count). The summed E-state index contributed by atoms with van der Waals surface area (Å²) in [5.41, 5.74) is 2.04. The number of anilines is 1. The molecule has 1 saturated heterocycles. The molecule has 3 aliphatic rings. The van der Waals surface area contributed by atoms with Gasteiger partial charge < -0.3 is 15.0 Å². The number of unbranched alkanes of at least 4 members (excludes halogenated alkanes) is 1. The van der Waals surface area contributed by atoms with Gasteiger partial charge in [0.1, 0.15) is 17.2 Å². The van der Waals surface area contributed by atoms with Crippen LogP contribution in [0.25, 0.3) is 11.0 Å². The third kappa shape index (κ3) is 3.85. The molecule has 0 unspecified atom stereocenters. The monoisotopic (exact) mass is 608 g/mol. The quantitative estimate of drug-likeness (QED) is 0.246. The minimum absolute atomic E-state index is 0. The predicted octanol–water partition coefficient (Wildman–Crippen LogP) is 7.42. The number of halogens is 3. The van der Waals surface area contributed by atoms with Crippen molar-refractivity contribution < 1.29 is 19.1 Å². The second-order valence-corrected chi connectivity index (χ2v) is 11.9. The Morgan fingerprint density at radius 3 is 2.76 bits per heavy atom. The number of nitrogens with zero attached hydrogens (tertiary/aromatic N) is 3. The molecule has 7 nitrogen and oxygen atoms in total. The maximum Gasteiger partial charge on any atom is 0.335 e. The van der Waals surface area contributed by atoms with Crippen molar-refractivity contribution in [2.45, 2.75) is 63.6 Å². The van der Waals surface area contributed by atoms with Gasteiger partial charge in [-0.3, -0.25) is 9.69 Å². The van der Waals surface area contributed by atoms with Gasteiger partial charge in [0.15, 0.2) is 0 Å². The molecule has 1 spiro atoms. The van der Waals surface area contributed by atoms with Crippen LogP contribution in [0.2, 0.25) is 10.0 Å². The average Bonchev–Trinajstić information content (AvgIpc) is 3.56. The molecule has 4 aromatic rings. The molecule has 42 heavy (non-hydrogen) atoms. The largest absolute Gasteiger partial charge is 0.478 e. The van der Waals surface area contributed by atoms with Crippen molar-refractivity contribution in [2.24, 2.45) is 0 Å². The van der Waals surface area contributed by atoms with Gasteiger partial charge >= 0.3 is 5.97 Å². The highest BCUT2D eigenvalue weighted by Crippen LogP contribution is 2.64. The second kappa shape index (κ2) is 10.4. The van der Waals surface area contributed by atoms with Crippen LogP contribution in [-0.4, -0.2) is 44.0 Å². The number of fused-ring (bicyclic) bond motifs is 7. The number of imidazole rings is 1. The molecule has 0 bridgehead atoms. The van der Waals surface area contributed by atoms with Crippen molar-refractivity contribution in [3.63, 3.8) is 0 Å². The fraction of sp³-hybridized carbons (Fsp3) is 0.344. The molecule has 4 atom stereocenters. The number of likely N-dealkylation sites (tertiary alicyclic amines) is 1. The zero-order valence-electron chi connectivity index (χ0n) is 22.2. The van der Waals surface area contributed by atoms with Crippen LogP contribution in [0.1, 0.15) is 72.8 Å². The van der Waals surface area contributed by atoms with Crippen LogP contribution >= 0.6 is 23.2 Å². The number of rotatable bonds is 5. The summed E-state index contributed by atoms with van der Waals surface area (Å²) < 4.78 is 18.2. The lowest BCUT2D eigenvalue weighted by Gasteiger charge is -2.40. The Bertz CT molecular complexity index is 1760. The van der Waals surface area contributed by atoms with E-state index in [1.807, 2.05) is 6.07 Å². The molecule has 218 valence electrons. The Kier molecular flexibility index (Phi) is 7.07. The molecule has 0 aliphatic carbocycles. The van der Waals surface area contributed by atoms with Gasteiger partial charge in [0.05, 0.1) is 21.6 Å². The Hall–Kier alpha value is -3.46. The lowest BCUT2D eigenvalue weighted by molar-refractivity contribution is -0.128. The highest BCUT2D eigenvalue weighted by atomic mass is 35.5. The molecule has 3 aliphatic heterocycles. The van der Waals surface area contributed by atoms with Crippen LogP contribution in [0.5, 0.6) is 0 Å². The van der Waals surface area contributed by atoms with Gasteiger partial charge in [0.25, 0.3) is 0 Å². The highest BCUT2D eigenvalue weighted by Gasteiger charge is 2.68. The number of benzene rings is 3. The van der Waals surface area contributed by atoms with E-state index in [0.29, 0.717) is 41.3 Å². The molecule has 4 heterocycles. The smallest absolute Gasteiger partial charge is 0.335 e. The first-order valence-electron chi connectivity index (χ1n) is 13.8. The van der Waals surface area contributed by atoms with Gasteiger partial charge in [0, 0.05) is 40.7 Å². The van der Waals surface area contributed by atoms with Crippen molar-refractivity contribution >= 4 is 51.8 Å². The van der Waals surface area contributed by atoms with Crippen molar-refractivity contribution in [3.8, 4) is 0 Å². The lowest BCUT2D eigenvalue weighted by Crippen LogP contribution is -2.52. The minimum Gasteiger partial charge on any atom is -0.478 e. The van der Waals surface area contributed by atoms with E-state index in [2.05, 4.69) is 21.7 Å². The number of amides is 1. The summed E-state index contributed by atoms with van der Waals surface area (Å²) in [6, 6.07) is 15.2. The van der Waals surface area contributed by atoms with Gasteiger partial charge in [0.2, 0.25) is 5.91 Å². The number of carbonyl (C=O) groups excluding carboxylic acids is 1. The number of aryl methyl sites for hydroxylation is 1. The minimum atomic E-state index is -1.23. The summed E-state index contributed by atoms with van der Waals surface area (Å²) in [6.45, 7) is 3.38. The number of hydrogen-bond acceptors (Lipinski definition) is 4. The summed E-state index contributed by atoms with van der Waals surface area (Å²) in [5, 5.41) is 13.2. The lowest BCUT2D eigenvalue weighted by atomic mass is 9.70. The standard InChI is InChI=1S/C31H27Cl2FN4O3.CH4/c1-2-3-12-38-24-11-13-37-23-10-7-16(29(39)40)14-22(23)35-28(37)25(24)26(18-5-4-6-20(33)27(18)34)31(38)19-9-8-17(32)15-21(19)36-30(31)41;/h4-10,14-15,24-26H,2-3,11-13H2,1H3,(H,36,41)(H,39,40);1H4/t24-,25+,26-,31+;/m0./s1. The van der Waals surface area contributed by atoms with E-state index in [4.69, 9.17) is 28.2 Å². The first-order chi connectivity index (χ1) is 19.8. The molecule has 1 amide bonds. The molecular weight excluding hydrogens is 578 g/mol. The van der Waals surface area contributed by atoms with Gasteiger partial charge in [-0.2, -0.15) is 0 Å². The SMILES string of the molecule is C.CCCCN1[C@H]2CCn3c(nc4cc(C(=O)O)ccc43)[C@H]2[C@H](c2cccc(Cl)c2F)[C@]12C(=O)Nc1cc(Cl)ccc12. The maximum absolute atomic E-state index is 16.1. The normalized spacial score (nSPS) is 24.3. The molecule has 0 radical (unpaired) electrons. The number of carboxylic acid groups (broad SMARTS) is 1. The van der Waals surface area contributed by atoms with Crippen LogP contribution in [0, 0.1) is 5.82 Å². The summed E-state index contributed by atoms with van der Waals surface area (Å²) in [7, 11) is 0. The van der Waals surface area contributed by atoms with Gasteiger partial charge in [-0.15, -0.1) is 0 Å². The zero-order valence-corrected chi connectivity index (χ0v) is 23.7. The summed E-state index contributed by atoms with van der Waals surface area (Å²) in [4.78, 5) is 33.4. The van der Waals surface area contributed by atoms with Crippen molar-refractivity contribution in [3.05, 3.63) is 93.0 Å². The Morgan fingerprint density at radius 1 is 1.19 bits per heavy atom. The summed E-state index contributed by atoms with van der Waals surface area (Å²) >= 11 is 12.7. The molecule has 3 aromatic carbocycles. The molecule has 10 heteroatoms. The number of nitrogens with one attached hydrogen (secondary N) is 1. The van der Waals surface area contributed by atoms with Crippen molar-refractivity contribution in [1.82, 2.24) is 14.5 Å². The Morgan fingerprint density at radius 2 is 2.00 bits per heavy atom. The Balaban J connectivity index is 0.00000316. The van der Waals surface area contributed by atoms with Gasteiger partial charge in [-0.05, 0) is 61.3 Å². The van der Waals surface area contributed by atoms with E-state index in [9.17, 15) is 14.7 Å². The number of carbonyl (C=O) groups is 2. The molecule has 2 N–H and O–H groups in total. The van der Waals surface area contributed by atoms with E-state index < -0.39 is 23.2 Å². The summed E-state index contributed by atoms with van der Waals surface area (Å²) in [6.07, 6.45) is 2.49. The predicted molar refractivity (Wildman–Crippen MR) is 162 cm³/mol. The Labute approximate surface area is 253 Å². The van der Waals surface area contributed by atoms with Crippen LogP contribution in [0.3, 0.4) is 0 Å². The third-order valence-electron chi connectivity index (χ3n) is 9.10.